The monoisotopic (exact) mass is 340 g/mol. The van der Waals surface area contributed by atoms with E-state index in [2.05, 4.69) is 33.9 Å². The van der Waals surface area contributed by atoms with Gasteiger partial charge in [0.25, 0.3) is 0 Å². The Labute approximate surface area is 137 Å². The molecular formula is C15H16O9. The Balaban J connectivity index is 5.76. The van der Waals surface area contributed by atoms with Gasteiger partial charge in [0.1, 0.15) is 0 Å². The van der Waals surface area contributed by atoms with Crippen molar-refractivity contribution in [2.45, 2.75) is 11.6 Å². The molecular weight excluding hydrogens is 324 g/mol. The lowest BCUT2D eigenvalue weighted by Crippen LogP contribution is -2.43. The molecule has 0 rings (SSSR count). The number of esters is 3. The van der Waals surface area contributed by atoms with Crippen LogP contribution in [-0.2, 0) is 28.6 Å². The summed E-state index contributed by atoms with van der Waals surface area (Å²) < 4.78 is 13.5. The lowest BCUT2D eigenvalue weighted by atomic mass is 10.1. The molecule has 130 valence electrons. The predicted molar refractivity (Wildman–Crippen MR) is 78.5 cm³/mol. The first-order valence-corrected chi connectivity index (χ1v) is 6.24. The fourth-order valence-corrected chi connectivity index (χ4v) is 1.07. The first-order chi connectivity index (χ1) is 11.2. The highest BCUT2D eigenvalue weighted by molar-refractivity contribution is 5.84. The van der Waals surface area contributed by atoms with E-state index in [0.717, 1.165) is 6.08 Å². The van der Waals surface area contributed by atoms with Crippen molar-refractivity contribution in [2.24, 2.45) is 0 Å². The molecule has 0 aromatic carbocycles. The first-order valence-electron chi connectivity index (χ1n) is 6.24. The normalized spacial score (nSPS) is 10.5. The summed E-state index contributed by atoms with van der Waals surface area (Å²) in [5, 5.41) is 28.5. The van der Waals surface area contributed by atoms with Crippen molar-refractivity contribution < 1.29 is 43.9 Å². The minimum atomic E-state index is -3.10. The quantitative estimate of drug-likeness (QED) is 0.209. The molecule has 0 amide bonds. The van der Waals surface area contributed by atoms with Crippen molar-refractivity contribution in [2.75, 3.05) is 13.2 Å². The number of aliphatic hydroxyl groups is 3. The van der Waals surface area contributed by atoms with Crippen LogP contribution >= 0.6 is 0 Å². The molecule has 9 heteroatoms. The lowest BCUT2D eigenvalue weighted by molar-refractivity contribution is -0.285. The topological polar surface area (TPSA) is 140 Å². The summed E-state index contributed by atoms with van der Waals surface area (Å²) in [6, 6.07) is 0. The molecule has 0 saturated heterocycles. The fourth-order valence-electron chi connectivity index (χ4n) is 1.07. The molecule has 0 heterocycles. The molecule has 0 saturated carbocycles. The van der Waals surface area contributed by atoms with Crippen LogP contribution in [0.2, 0.25) is 0 Å². The van der Waals surface area contributed by atoms with Crippen LogP contribution in [0.1, 0.15) is 0 Å². The lowest BCUT2D eigenvalue weighted by Gasteiger charge is -2.25. The second-order valence-electron chi connectivity index (χ2n) is 4.02. The Bertz CT molecular complexity index is 568. The smallest absolute Gasteiger partial charge is 0.438 e. The molecule has 0 spiro atoms. The molecule has 24 heavy (non-hydrogen) atoms. The van der Waals surface area contributed by atoms with E-state index in [4.69, 9.17) is 0 Å². The highest BCUT2D eigenvalue weighted by Gasteiger charge is 2.37. The van der Waals surface area contributed by atoms with Crippen molar-refractivity contribution in [3.8, 4) is 11.8 Å². The van der Waals surface area contributed by atoms with Crippen molar-refractivity contribution in [1.29, 1.82) is 0 Å². The second kappa shape index (κ2) is 9.26. The largest absolute Gasteiger partial charge is 0.446 e. The van der Waals surface area contributed by atoms with E-state index < -0.39 is 42.7 Å². The van der Waals surface area contributed by atoms with Crippen LogP contribution in [-0.4, -0.2) is 58.0 Å². The van der Waals surface area contributed by atoms with Gasteiger partial charge in [0, 0.05) is 24.1 Å². The average molecular weight is 340 g/mol. The summed E-state index contributed by atoms with van der Waals surface area (Å²) >= 11 is 0. The third-order valence-corrected chi connectivity index (χ3v) is 2.23. The van der Waals surface area contributed by atoms with Gasteiger partial charge in [-0.15, -0.1) is 0 Å². The molecule has 0 fully saturated rings. The van der Waals surface area contributed by atoms with Gasteiger partial charge in [0.15, 0.2) is 0 Å². The SMILES string of the molecule is C=CC(=O)OC(C#CC(O)(OC(=O)C=C)OC(=O)C=C)(CO)CO. The first kappa shape index (κ1) is 21.1. The summed E-state index contributed by atoms with van der Waals surface area (Å²) in [5.41, 5.74) is -2.18. The van der Waals surface area contributed by atoms with Crippen molar-refractivity contribution in [3.63, 3.8) is 0 Å². The van der Waals surface area contributed by atoms with Gasteiger partial charge in [0.05, 0.1) is 13.2 Å². The van der Waals surface area contributed by atoms with Gasteiger partial charge in [-0.05, 0) is 5.92 Å². The zero-order chi connectivity index (χ0) is 18.8. The van der Waals surface area contributed by atoms with Gasteiger partial charge in [-0.3, -0.25) is 0 Å². The van der Waals surface area contributed by atoms with Gasteiger partial charge >= 0.3 is 23.9 Å². The number of ether oxygens (including phenoxy) is 3. The van der Waals surface area contributed by atoms with Crippen LogP contribution < -0.4 is 0 Å². The van der Waals surface area contributed by atoms with Gasteiger partial charge in [-0.1, -0.05) is 19.7 Å². The zero-order valence-electron chi connectivity index (χ0n) is 12.6. The summed E-state index contributed by atoms with van der Waals surface area (Å²) in [5.74, 6) is -2.78. The molecule has 0 aliphatic heterocycles. The molecule has 0 aromatic rings. The van der Waals surface area contributed by atoms with Crippen molar-refractivity contribution in [1.82, 2.24) is 0 Å². The molecule has 9 nitrogen and oxygen atoms in total. The molecule has 0 bridgehead atoms. The number of aliphatic hydroxyl groups excluding tert-OH is 2. The zero-order valence-corrected chi connectivity index (χ0v) is 12.6. The summed E-state index contributed by atoms with van der Waals surface area (Å²) in [4.78, 5) is 33.6. The Morgan fingerprint density at radius 2 is 1.21 bits per heavy atom. The van der Waals surface area contributed by atoms with Crippen molar-refractivity contribution in [3.05, 3.63) is 38.0 Å². The third kappa shape index (κ3) is 6.45. The van der Waals surface area contributed by atoms with E-state index in [1.165, 1.54) is 0 Å². The molecule has 0 aliphatic rings. The van der Waals surface area contributed by atoms with Crippen LogP contribution in [0.5, 0.6) is 0 Å². The summed E-state index contributed by atoms with van der Waals surface area (Å²) in [6.45, 7) is 7.31. The maximum atomic E-state index is 11.2. The van der Waals surface area contributed by atoms with E-state index in [1.54, 1.807) is 5.92 Å². The Morgan fingerprint density at radius 3 is 1.54 bits per heavy atom. The highest BCUT2D eigenvalue weighted by Crippen LogP contribution is 2.14. The maximum absolute atomic E-state index is 11.2. The Kier molecular flexibility index (Phi) is 8.13. The number of rotatable bonds is 8. The molecule has 0 aromatic heterocycles. The van der Waals surface area contributed by atoms with Crippen LogP contribution in [0, 0.1) is 11.8 Å². The number of carbonyl (C=O) groups excluding carboxylic acids is 3. The van der Waals surface area contributed by atoms with Crippen LogP contribution in [0.3, 0.4) is 0 Å². The highest BCUT2D eigenvalue weighted by atomic mass is 16.8. The Morgan fingerprint density at radius 1 is 0.833 bits per heavy atom. The van der Waals surface area contributed by atoms with Crippen LogP contribution in [0.4, 0.5) is 0 Å². The van der Waals surface area contributed by atoms with Crippen LogP contribution in [0.25, 0.3) is 0 Å². The molecule has 0 atom stereocenters. The van der Waals surface area contributed by atoms with Crippen molar-refractivity contribution >= 4 is 17.9 Å². The van der Waals surface area contributed by atoms with E-state index in [0.29, 0.717) is 12.2 Å². The van der Waals surface area contributed by atoms with E-state index in [1.807, 2.05) is 5.92 Å². The van der Waals surface area contributed by atoms with E-state index >= 15 is 0 Å². The van der Waals surface area contributed by atoms with E-state index in [9.17, 15) is 29.7 Å². The maximum Gasteiger partial charge on any atom is 0.446 e. The second-order valence-corrected chi connectivity index (χ2v) is 4.02. The standard InChI is InChI=1S/C15H16O9/c1-4-11(18)22-14(9-16,10-17)7-8-15(21,23-12(19)5-2)24-13(20)6-3/h4-6,16-17,21H,1-3,9-10H2. The average Bonchev–Trinajstić information content (AvgIpc) is 2.58. The number of hydrogen-bond acceptors (Lipinski definition) is 9. The number of carbonyl (C=O) groups is 3. The van der Waals surface area contributed by atoms with Gasteiger partial charge < -0.3 is 29.5 Å². The molecule has 3 N–H and O–H groups in total. The van der Waals surface area contributed by atoms with Crippen LogP contribution in [0.15, 0.2) is 38.0 Å². The molecule has 0 radical (unpaired) electrons. The molecule has 0 aliphatic carbocycles. The number of hydrogen-bond donors (Lipinski definition) is 3. The fraction of sp³-hybridized carbons (Fsp3) is 0.267. The third-order valence-electron chi connectivity index (χ3n) is 2.23. The van der Waals surface area contributed by atoms with Gasteiger partial charge in [-0.2, -0.15) is 0 Å². The van der Waals surface area contributed by atoms with E-state index in [-0.39, 0.29) is 0 Å². The van der Waals surface area contributed by atoms with Gasteiger partial charge in [-0.25, -0.2) is 14.4 Å². The summed E-state index contributed by atoms with van der Waals surface area (Å²) in [6.07, 6.45) is 2.04. The predicted octanol–water partition coefficient (Wildman–Crippen LogP) is -1.45. The minimum absolute atomic E-state index is 0.650. The Hall–Kier alpha value is -2.93. The van der Waals surface area contributed by atoms with Gasteiger partial charge in [0.2, 0.25) is 5.60 Å². The molecule has 0 unspecified atom stereocenters. The minimum Gasteiger partial charge on any atom is -0.438 e. The summed E-state index contributed by atoms with van der Waals surface area (Å²) in [7, 11) is 0.